The lowest BCUT2D eigenvalue weighted by Crippen LogP contribution is -2.27. The van der Waals surface area contributed by atoms with E-state index in [0.717, 1.165) is 35.8 Å². The molecule has 1 aromatic carbocycles. The zero-order chi connectivity index (χ0) is 14.4. The molecule has 0 aromatic heterocycles. The number of amides is 1. The number of hydrogen-bond acceptors (Lipinski definition) is 3. The number of hydrogen-bond donors (Lipinski definition) is 2. The van der Waals surface area contributed by atoms with Crippen LogP contribution in [0.2, 0.25) is 0 Å². The molecule has 2 rings (SSSR count). The van der Waals surface area contributed by atoms with Crippen LogP contribution in [0.1, 0.15) is 25.7 Å². The minimum atomic E-state index is -0.132. The van der Waals surface area contributed by atoms with Crippen molar-refractivity contribution < 1.29 is 14.6 Å². The van der Waals surface area contributed by atoms with Gasteiger partial charge in [-0.05, 0) is 49.8 Å². The van der Waals surface area contributed by atoms with E-state index in [1.807, 2.05) is 24.3 Å². The second-order valence-corrected chi connectivity index (χ2v) is 6.11. The van der Waals surface area contributed by atoms with Gasteiger partial charge in [0.1, 0.15) is 6.61 Å². The normalized spacial score (nSPS) is 22.5. The maximum atomic E-state index is 11.8. The standard InChI is InChI=1S/C15H20BrNO3/c16-12-2-1-3-13(8-12)17-15(19)10-20-14-6-4-11(9-18)5-7-14/h1-3,8,11,14,18H,4-7,9-10H2,(H,17,19). The van der Waals surface area contributed by atoms with Crippen molar-refractivity contribution in [2.75, 3.05) is 18.5 Å². The summed E-state index contributed by atoms with van der Waals surface area (Å²) in [5, 5.41) is 11.9. The fraction of sp³-hybridized carbons (Fsp3) is 0.533. The van der Waals surface area contributed by atoms with Crippen molar-refractivity contribution in [3.8, 4) is 0 Å². The van der Waals surface area contributed by atoms with E-state index >= 15 is 0 Å². The average molecular weight is 342 g/mol. The van der Waals surface area contributed by atoms with Crippen LogP contribution in [0.15, 0.2) is 28.7 Å². The van der Waals surface area contributed by atoms with E-state index in [-0.39, 0.29) is 25.2 Å². The predicted octanol–water partition coefficient (Wildman–Crippen LogP) is 2.96. The first kappa shape index (κ1) is 15.5. The molecule has 0 unspecified atom stereocenters. The first-order chi connectivity index (χ1) is 9.67. The highest BCUT2D eigenvalue weighted by Gasteiger charge is 2.21. The van der Waals surface area contributed by atoms with Crippen LogP contribution in [0.3, 0.4) is 0 Å². The SMILES string of the molecule is O=C(COC1CCC(CO)CC1)Nc1cccc(Br)c1. The van der Waals surface area contributed by atoms with Crippen LogP contribution in [0, 0.1) is 5.92 Å². The van der Waals surface area contributed by atoms with Gasteiger partial charge < -0.3 is 15.2 Å². The molecule has 5 heteroatoms. The quantitative estimate of drug-likeness (QED) is 0.865. The summed E-state index contributed by atoms with van der Waals surface area (Å²) >= 11 is 3.36. The van der Waals surface area contributed by atoms with E-state index < -0.39 is 0 Å². The summed E-state index contributed by atoms with van der Waals surface area (Å²) in [5.41, 5.74) is 0.761. The van der Waals surface area contributed by atoms with Gasteiger partial charge in [-0.25, -0.2) is 0 Å². The number of carbonyl (C=O) groups is 1. The Labute approximate surface area is 127 Å². The summed E-state index contributed by atoms with van der Waals surface area (Å²) in [6.45, 7) is 0.344. The molecule has 110 valence electrons. The molecule has 1 aliphatic carbocycles. The van der Waals surface area contributed by atoms with Gasteiger partial charge in [0.15, 0.2) is 0 Å². The van der Waals surface area contributed by atoms with E-state index in [2.05, 4.69) is 21.2 Å². The zero-order valence-electron chi connectivity index (χ0n) is 11.3. The van der Waals surface area contributed by atoms with Gasteiger partial charge in [-0.15, -0.1) is 0 Å². The van der Waals surface area contributed by atoms with Crippen molar-refractivity contribution in [1.82, 2.24) is 0 Å². The number of rotatable bonds is 5. The van der Waals surface area contributed by atoms with E-state index in [0.29, 0.717) is 5.92 Å². The summed E-state index contributed by atoms with van der Waals surface area (Å²) in [5.74, 6) is 0.276. The van der Waals surface area contributed by atoms with Crippen LogP contribution in [0.25, 0.3) is 0 Å². The Bertz CT molecular complexity index is 444. The van der Waals surface area contributed by atoms with Crippen LogP contribution >= 0.6 is 15.9 Å². The van der Waals surface area contributed by atoms with E-state index in [9.17, 15) is 4.79 Å². The highest BCUT2D eigenvalue weighted by Crippen LogP contribution is 2.25. The number of anilines is 1. The van der Waals surface area contributed by atoms with E-state index in [1.165, 1.54) is 0 Å². The van der Waals surface area contributed by atoms with E-state index in [4.69, 9.17) is 9.84 Å². The molecule has 0 heterocycles. The number of aliphatic hydroxyl groups is 1. The molecule has 4 nitrogen and oxygen atoms in total. The summed E-state index contributed by atoms with van der Waals surface area (Å²) in [6.07, 6.45) is 3.96. The van der Waals surface area contributed by atoms with Crippen LogP contribution < -0.4 is 5.32 Å². The van der Waals surface area contributed by atoms with E-state index in [1.54, 1.807) is 0 Å². The molecular weight excluding hydrogens is 322 g/mol. The van der Waals surface area contributed by atoms with Crippen molar-refractivity contribution in [2.24, 2.45) is 5.92 Å². The van der Waals surface area contributed by atoms with Crippen molar-refractivity contribution >= 4 is 27.5 Å². The monoisotopic (exact) mass is 341 g/mol. The topological polar surface area (TPSA) is 58.6 Å². The lowest BCUT2D eigenvalue weighted by Gasteiger charge is -2.27. The minimum absolute atomic E-state index is 0.0843. The Morgan fingerprint density at radius 3 is 2.75 bits per heavy atom. The maximum absolute atomic E-state index is 11.8. The third-order valence-electron chi connectivity index (χ3n) is 3.61. The number of nitrogens with one attached hydrogen (secondary N) is 1. The average Bonchev–Trinajstić information content (AvgIpc) is 2.46. The lowest BCUT2D eigenvalue weighted by molar-refractivity contribution is -0.123. The first-order valence-corrected chi connectivity index (χ1v) is 7.74. The number of ether oxygens (including phenoxy) is 1. The number of carbonyl (C=O) groups excluding carboxylic acids is 1. The fourth-order valence-electron chi connectivity index (χ4n) is 2.44. The molecule has 0 spiro atoms. The Morgan fingerprint density at radius 1 is 1.35 bits per heavy atom. The molecule has 0 aliphatic heterocycles. The Kier molecular flexibility index (Phi) is 6.01. The van der Waals surface area contributed by atoms with Crippen LogP contribution in [-0.4, -0.2) is 30.3 Å². The summed E-state index contributed by atoms with van der Waals surface area (Å²) in [6, 6.07) is 7.47. The molecule has 0 radical (unpaired) electrons. The molecule has 0 bridgehead atoms. The maximum Gasteiger partial charge on any atom is 0.250 e. The van der Waals surface area contributed by atoms with Crippen molar-refractivity contribution in [2.45, 2.75) is 31.8 Å². The molecule has 1 saturated carbocycles. The third kappa shape index (κ3) is 4.89. The van der Waals surface area contributed by atoms with Crippen LogP contribution in [0.4, 0.5) is 5.69 Å². The smallest absolute Gasteiger partial charge is 0.250 e. The summed E-state index contributed by atoms with van der Waals surface area (Å²) in [4.78, 5) is 11.8. The highest BCUT2D eigenvalue weighted by molar-refractivity contribution is 9.10. The largest absolute Gasteiger partial charge is 0.396 e. The Hall–Kier alpha value is -0.910. The van der Waals surface area contributed by atoms with Gasteiger partial charge in [0.2, 0.25) is 5.91 Å². The summed E-state index contributed by atoms with van der Waals surface area (Å²) < 4.78 is 6.56. The first-order valence-electron chi connectivity index (χ1n) is 6.95. The Morgan fingerprint density at radius 2 is 2.10 bits per heavy atom. The number of halogens is 1. The van der Waals surface area contributed by atoms with Crippen LogP contribution in [-0.2, 0) is 9.53 Å². The molecule has 0 saturated heterocycles. The number of aliphatic hydroxyl groups excluding tert-OH is 1. The lowest BCUT2D eigenvalue weighted by atomic mass is 9.88. The van der Waals surface area contributed by atoms with Gasteiger partial charge in [0, 0.05) is 16.8 Å². The molecule has 0 atom stereocenters. The van der Waals surface area contributed by atoms with Gasteiger partial charge in [0.05, 0.1) is 6.10 Å². The molecule has 1 aliphatic rings. The van der Waals surface area contributed by atoms with Crippen molar-refractivity contribution in [3.05, 3.63) is 28.7 Å². The second-order valence-electron chi connectivity index (χ2n) is 5.19. The van der Waals surface area contributed by atoms with Gasteiger partial charge in [-0.3, -0.25) is 4.79 Å². The zero-order valence-corrected chi connectivity index (χ0v) is 12.9. The highest BCUT2D eigenvalue weighted by atomic mass is 79.9. The van der Waals surface area contributed by atoms with Gasteiger partial charge in [0.25, 0.3) is 0 Å². The molecule has 2 N–H and O–H groups in total. The molecular formula is C15H20BrNO3. The molecule has 1 fully saturated rings. The second kappa shape index (κ2) is 7.76. The van der Waals surface area contributed by atoms with Crippen molar-refractivity contribution in [3.63, 3.8) is 0 Å². The Balaban J connectivity index is 1.70. The summed E-state index contributed by atoms with van der Waals surface area (Å²) in [7, 11) is 0. The third-order valence-corrected chi connectivity index (χ3v) is 4.10. The van der Waals surface area contributed by atoms with Crippen molar-refractivity contribution in [1.29, 1.82) is 0 Å². The minimum Gasteiger partial charge on any atom is -0.396 e. The fourth-order valence-corrected chi connectivity index (χ4v) is 2.84. The molecule has 1 amide bonds. The molecule has 20 heavy (non-hydrogen) atoms. The number of benzene rings is 1. The van der Waals surface area contributed by atoms with Gasteiger partial charge in [-0.2, -0.15) is 0 Å². The van der Waals surface area contributed by atoms with Gasteiger partial charge >= 0.3 is 0 Å². The molecule has 1 aromatic rings. The van der Waals surface area contributed by atoms with Gasteiger partial charge in [-0.1, -0.05) is 22.0 Å². The van der Waals surface area contributed by atoms with Crippen LogP contribution in [0.5, 0.6) is 0 Å². The predicted molar refractivity (Wildman–Crippen MR) is 81.6 cm³/mol.